The van der Waals surface area contributed by atoms with E-state index in [1.165, 1.54) is 70.9 Å². The fraction of sp³-hybridized carbons (Fsp3) is 1.00. The van der Waals surface area contributed by atoms with Gasteiger partial charge in [-0.3, -0.25) is 4.90 Å². The smallest absolute Gasteiger partial charge is 0.0168 e. The van der Waals surface area contributed by atoms with Gasteiger partial charge in [-0.05, 0) is 50.5 Å². The lowest BCUT2D eigenvalue weighted by atomic mass is 9.56. The Labute approximate surface area is 99.6 Å². The van der Waals surface area contributed by atoms with E-state index in [9.17, 15) is 0 Å². The van der Waals surface area contributed by atoms with Crippen LogP contribution < -0.4 is 5.73 Å². The Morgan fingerprint density at radius 2 is 1.75 bits per heavy atom. The van der Waals surface area contributed by atoms with Crippen LogP contribution in [-0.2, 0) is 0 Å². The van der Waals surface area contributed by atoms with Gasteiger partial charge in [-0.25, -0.2) is 0 Å². The zero-order valence-corrected chi connectivity index (χ0v) is 10.5. The molecule has 2 N–H and O–H groups in total. The van der Waals surface area contributed by atoms with Crippen LogP contribution >= 0.6 is 0 Å². The molecule has 2 heteroatoms. The number of nitrogens with zero attached hydrogens (tertiary/aromatic N) is 1. The molecule has 0 aromatic heterocycles. The van der Waals surface area contributed by atoms with E-state index in [1.54, 1.807) is 0 Å². The minimum Gasteiger partial charge on any atom is -0.327 e. The zero-order valence-electron chi connectivity index (χ0n) is 10.5. The number of likely N-dealkylation sites (tertiary alicyclic amines) is 1. The first-order valence-electron chi connectivity index (χ1n) is 7.30. The van der Waals surface area contributed by atoms with E-state index in [2.05, 4.69) is 4.90 Å². The third-order valence-corrected chi connectivity index (χ3v) is 5.40. The molecule has 1 saturated heterocycles. The minimum atomic E-state index is 0.454. The maximum atomic E-state index is 6.12. The van der Waals surface area contributed by atoms with Crippen LogP contribution in [0.3, 0.4) is 0 Å². The lowest BCUT2D eigenvalue weighted by Gasteiger charge is -2.57. The van der Waals surface area contributed by atoms with E-state index in [0.717, 1.165) is 11.5 Å². The molecule has 2 atom stereocenters. The Hall–Kier alpha value is -0.0800. The van der Waals surface area contributed by atoms with Gasteiger partial charge in [0.15, 0.2) is 0 Å². The van der Waals surface area contributed by atoms with Crippen molar-refractivity contribution < 1.29 is 0 Å². The van der Waals surface area contributed by atoms with Gasteiger partial charge in [-0.15, -0.1) is 0 Å². The third kappa shape index (κ3) is 1.80. The monoisotopic (exact) mass is 222 g/mol. The second-order valence-corrected chi connectivity index (χ2v) is 6.37. The molecule has 2 aliphatic carbocycles. The highest BCUT2D eigenvalue weighted by atomic mass is 15.2. The van der Waals surface area contributed by atoms with E-state index >= 15 is 0 Å². The van der Waals surface area contributed by atoms with Crippen molar-refractivity contribution in [3.8, 4) is 0 Å². The predicted molar refractivity (Wildman–Crippen MR) is 67.3 cm³/mol. The molecule has 92 valence electrons. The third-order valence-electron chi connectivity index (χ3n) is 5.40. The summed E-state index contributed by atoms with van der Waals surface area (Å²) in [5.41, 5.74) is 6.85. The highest BCUT2D eigenvalue weighted by Gasteiger charge is 2.49. The van der Waals surface area contributed by atoms with Crippen molar-refractivity contribution in [2.24, 2.45) is 11.1 Å². The van der Waals surface area contributed by atoms with Crippen molar-refractivity contribution in [1.29, 1.82) is 0 Å². The first kappa shape index (κ1) is 11.0. The molecule has 1 unspecified atom stereocenters. The van der Waals surface area contributed by atoms with Gasteiger partial charge in [0, 0.05) is 18.6 Å². The van der Waals surface area contributed by atoms with Gasteiger partial charge in [0.1, 0.15) is 0 Å². The number of nitrogens with two attached hydrogens (primary N) is 1. The summed E-state index contributed by atoms with van der Waals surface area (Å²) in [6.45, 7) is 2.49. The van der Waals surface area contributed by atoms with E-state index in [-0.39, 0.29) is 0 Å². The second kappa shape index (κ2) is 4.30. The van der Waals surface area contributed by atoms with Crippen LogP contribution in [0, 0.1) is 5.41 Å². The van der Waals surface area contributed by atoms with Gasteiger partial charge in [-0.1, -0.05) is 19.3 Å². The molecule has 0 bridgehead atoms. The summed E-state index contributed by atoms with van der Waals surface area (Å²) in [6, 6.07) is 1.36. The Morgan fingerprint density at radius 1 is 0.938 bits per heavy atom. The van der Waals surface area contributed by atoms with Crippen LogP contribution in [0.25, 0.3) is 0 Å². The van der Waals surface area contributed by atoms with Gasteiger partial charge in [0.2, 0.25) is 0 Å². The fourth-order valence-corrected chi connectivity index (χ4v) is 4.41. The van der Waals surface area contributed by atoms with Gasteiger partial charge in [0.05, 0.1) is 0 Å². The van der Waals surface area contributed by atoms with Crippen LogP contribution in [0.15, 0.2) is 0 Å². The first-order chi connectivity index (χ1) is 7.80. The molecule has 0 amide bonds. The summed E-state index contributed by atoms with van der Waals surface area (Å²) >= 11 is 0. The number of rotatable bonds is 1. The van der Waals surface area contributed by atoms with Gasteiger partial charge >= 0.3 is 0 Å². The average Bonchev–Trinajstić information content (AvgIpc) is 2.29. The molecule has 2 saturated carbocycles. The Morgan fingerprint density at radius 3 is 2.38 bits per heavy atom. The number of hydrogen-bond acceptors (Lipinski definition) is 2. The normalized spacial score (nSPS) is 39.6. The molecule has 1 aliphatic heterocycles. The average molecular weight is 222 g/mol. The molecule has 1 spiro atoms. The van der Waals surface area contributed by atoms with Gasteiger partial charge in [-0.2, -0.15) is 0 Å². The van der Waals surface area contributed by atoms with Crippen molar-refractivity contribution in [2.45, 2.75) is 69.9 Å². The molecule has 0 aromatic carbocycles. The number of hydrogen-bond donors (Lipinski definition) is 1. The summed E-state index contributed by atoms with van der Waals surface area (Å²) in [5, 5.41) is 0. The van der Waals surface area contributed by atoms with E-state index in [4.69, 9.17) is 5.73 Å². The van der Waals surface area contributed by atoms with Crippen LogP contribution in [0.5, 0.6) is 0 Å². The zero-order chi connectivity index (χ0) is 11.0. The summed E-state index contributed by atoms with van der Waals surface area (Å²) in [7, 11) is 0. The molecule has 0 aromatic rings. The van der Waals surface area contributed by atoms with Crippen LogP contribution in [0.1, 0.15) is 57.8 Å². The van der Waals surface area contributed by atoms with Crippen molar-refractivity contribution in [2.75, 3.05) is 13.1 Å². The van der Waals surface area contributed by atoms with E-state index in [1.807, 2.05) is 0 Å². The quantitative estimate of drug-likeness (QED) is 0.738. The summed E-state index contributed by atoms with van der Waals surface area (Å²) in [5.74, 6) is 0. The first-order valence-corrected chi connectivity index (χ1v) is 7.30. The lowest BCUT2D eigenvalue weighted by molar-refractivity contribution is -0.0617. The maximum Gasteiger partial charge on any atom is 0.0168 e. The largest absolute Gasteiger partial charge is 0.327 e. The van der Waals surface area contributed by atoms with Crippen molar-refractivity contribution in [3.63, 3.8) is 0 Å². The van der Waals surface area contributed by atoms with Crippen molar-refractivity contribution >= 4 is 0 Å². The van der Waals surface area contributed by atoms with Gasteiger partial charge < -0.3 is 5.73 Å². The highest BCUT2D eigenvalue weighted by Crippen LogP contribution is 2.54. The lowest BCUT2D eigenvalue weighted by Crippen LogP contribution is -2.59. The maximum absolute atomic E-state index is 6.12. The Bertz CT molecular complexity index is 245. The van der Waals surface area contributed by atoms with Crippen LogP contribution in [0.2, 0.25) is 0 Å². The molecule has 0 radical (unpaired) electrons. The van der Waals surface area contributed by atoms with Gasteiger partial charge in [0.25, 0.3) is 0 Å². The predicted octanol–water partition coefficient (Wildman–Crippen LogP) is 2.52. The Balaban J connectivity index is 1.65. The molecule has 3 rings (SSSR count). The standard InChI is InChI=1S/C14H26N2/c15-12-5-4-10-16(11-12)13-6-9-14(13)7-2-1-3-8-14/h12-13H,1-11,15H2/t12-,13?/m1/s1. The molecule has 3 aliphatic rings. The molecular formula is C14H26N2. The van der Waals surface area contributed by atoms with Crippen LogP contribution in [0.4, 0.5) is 0 Å². The highest BCUT2D eigenvalue weighted by molar-refractivity contribution is 5.03. The molecular weight excluding hydrogens is 196 g/mol. The Kier molecular flexibility index (Phi) is 2.97. The van der Waals surface area contributed by atoms with Crippen LogP contribution in [-0.4, -0.2) is 30.1 Å². The van der Waals surface area contributed by atoms with E-state index in [0.29, 0.717) is 6.04 Å². The van der Waals surface area contributed by atoms with Crippen molar-refractivity contribution in [3.05, 3.63) is 0 Å². The SMILES string of the molecule is N[C@@H]1CCCN(C2CCC23CCCCC3)C1. The van der Waals surface area contributed by atoms with Crippen molar-refractivity contribution in [1.82, 2.24) is 4.90 Å². The molecule has 3 fully saturated rings. The second-order valence-electron chi connectivity index (χ2n) is 6.37. The topological polar surface area (TPSA) is 29.3 Å². The molecule has 1 heterocycles. The molecule has 2 nitrogen and oxygen atoms in total. The molecule has 16 heavy (non-hydrogen) atoms. The summed E-state index contributed by atoms with van der Waals surface area (Å²) in [6.07, 6.45) is 13.0. The number of piperidine rings is 1. The summed E-state index contributed by atoms with van der Waals surface area (Å²) < 4.78 is 0. The summed E-state index contributed by atoms with van der Waals surface area (Å²) in [4.78, 5) is 2.74. The fourth-order valence-electron chi connectivity index (χ4n) is 4.41. The van der Waals surface area contributed by atoms with E-state index < -0.39 is 0 Å². The minimum absolute atomic E-state index is 0.454.